The molecule has 0 radical (unpaired) electrons. The molecule has 0 aromatic heterocycles. The van der Waals surface area contributed by atoms with Crippen LogP contribution < -0.4 is 0 Å². The van der Waals surface area contributed by atoms with Crippen molar-refractivity contribution in [3.63, 3.8) is 0 Å². The smallest absolute Gasteiger partial charge is 0.156 e. The van der Waals surface area contributed by atoms with Gasteiger partial charge in [-0.2, -0.15) is 5.26 Å². The summed E-state index contributed by atoms with van der Waals surface area (Å²) in [7, 11) is 0. The van der Waals surface area contributed by atoms with E-state index < -0.39 is 5.82 Å². The first-order valence-corrected chi connectivity index (χ1v) is 5.19. The average molecular weight is 358 g/mol. The summed E-state index contributed by atoms with van der Waals surface area (Å²) >= 11 is 9.27. The van der Waals surface area contributed by atoms with Crippen LogP contribution >= 0.6 is 47.8 Å². The summed E-state index contributed by atoms with van der Waals surface area (Å²) in [5.74, 6) is -0.549. The van der Waals surface area contributed by atoms with Gasteiger partial charge in [-0.1, -0.05) is 0 Å². The second-order valence-corrected chi connectivity index (χ2v) is 4.46. The van der Waals surface area contributed by atoms with Crippen LogP contribution in [0.25, 0.3) is 0 Å². The third-order valence-electron chi connectivity index (χ3n) is 1.22. The summed E-state index contributed by atoms with van der Waals surface area (Å²) in [6.45, 7) is 0. The molecule has 0 aliphatic rings. The number of hydrogen-bond acceptors (Lipinski definition) is 1. The molecule has 0 heterocycles. The largest absolute Gasteiger partial charge is 0.204 e. The summed E-state index contributed by atoms with van der Waals surface area (Å²) in [5, 5.41) is 8.59. The first-order valence-electron chi connectivity index (χ1n) is 2.81. The molecule has 1 nitrogen and oxygen atoms in total. The van der Waals surface area contributed by atoms with E-state index in [0.717, 1.165) is 0 Å². The zero-order chi connectivity index (χ0) is 9.30. The molecule has 0 saturated heterocycles. The van der Waals surface area contributed by atoms with Gasteiger partial charge < -0.3 is 0 Å². The summed E-state index contributed by atoms with van der Waals surface area (Å²) in [5.41, 5.74) is -0.00347. The van der Waals surface area contributed by atoms with Crippen molar-refractivity contribution in [3.8, 4) is 6.07 Å². The number of nitrogens with zero attached hydrogens (tertiary/aromatic N) is 1. The van der Waals surface area contributed by atoms with Crippen LogP contribution in [-0.4, -0.2) is 0 Å². The third kappa shape index (κ3) is 1.70. The summed E-state index contributed by atoms with van der Waals surface area (Å²) in [6, 6.07) is 3.31. The van der Waals surface area contributed by atoms with Gasteiger partial charge in [0.15, 0.2) is 5.82 Å². The van der Waals surface area contributed by atoms with E-state index in [9.17, 15) is 4.39 Å². The minimum absolute atomic E-state index is 0.00347. The van der Waals surface area contributed by atoms with E-state index in [1.54, 1.807) is 12.1 Å². The van der Waals surface area contributed by atoms with Crippen molar-refractivity contribution in [2.45, 2.75) is 0 Å². The first-order chi connectivity index (χ1) is 5.57. The van der Waals surface area contributed by atoms with Crippen LogP contribution in [0, 0.1) is 17.1 Å². The van der Waals surface area contributed by atoms with Gasteiger partial charge in [0.05, 0.1) is 8.95 Å². The quantitative estimate of drug-likeness (QED) is 0.644. The second-order valence-electron chi connectivity index (χ2n) is 1.95. The van der Waals surface area contributed by atoms with Crippen molar-refractivity contribution in [3.05, 3.63) is 30.9 Å². The van der Waals surface area contributed by atoms with Crippen LogP contribution in [0.3, 0.4) is 0 Å². The van der Waals surface area contributed by atoms with Gasteiger partial charge in [-0.15, -0.1) is 0 Å². The topological polar surface area (TPSA) is 23.8 Å². The summed E-state index contributed by atoms with van der Waals surface area (Å²) < 4.78 is 14.5. The van der Waals surface area contributed by atoms with Gasteiger partial charge in [-0.05, 0) is 53.9 Å². The highest BCUT2D eigenvalue weighted by Crippen LogP contribution is 2.32. The normalized spacial score (nSPS) is 9.58. The van der Waals surface area contributed by atoms with Crippen LogP contribution in [0.2, 0.25) is 0 Å². The van der Waals surface area contributed by atoms with E-state index in [-0.39, 0.29) is 10.0 Å². The Hall–Kier alpha value is 0.0800. The van der Waals surface area contributed by atoms with E-state index in [4.69, 9.17) is 5.26 Å². The zero-order valence-electron chi connectivity index (χ0n) is 5.54. The third-order valence-corrected chi connectivity index (χ3v) is 3.78. The number of halogens is 4. The number of benzene rings is 1. The maximum absolute atomic E-state index is 13.1. The SMILES string of the molecule is N#Cc1c(F)c(Br)cc(Br)c1Br. The van der Waals surface area contributed by atoms with Gasteiger partial charge in [0.1, 0.15) is 11.6 Å². The lowest BCUT2D eigenvalue weighted by Gasteiger charge is -2.01. The van der Waals surface area contributed by atoms with E-state index in [1.807, 2.05) is 0 Å². The maximum Gasteiger partial charge on any atom is 0.156 e. The fourth-order valence-electron chi connectivity index (χ4n) is 0.671. The lowest BCUT2D eigenvalue weighted by atomic mass is 10.2. The highest BCUT2D eigenvalue weighted by molar-refractivity contribution is 9.13. The molecular formula is C7HBr3FN. The average Bonchev–Trinajstić information content (AvgIpc) is 2.02. The minimum atomic E-state index is -0.549. The molecule has 0 spiro atoms. The van der Waals surface area contributed by atoms with Crippen molar-refractivity contribution in [2.24, 2.45) is 0 Å². The molecule has 62 valence electrons. The molecule has 0 N–H and O–H groups in total. The van der Waals surface area contributed by atoms with E-state index >= 15 is 0 Å². The van der Waals surface area contributed by atoms with Gasteiger partial charge >= 0.3 is 0 Å². The molecule has 1 aromatic carbocycles. The second kappa shape index (κ2) is 3.86. The molecule has 0 aliphatic heterocycles. The van der Waals surface area contributed by atoms with Crippen molar-refractivity contribution < 1.29 is 4.39 Å². The van der Waals surface area contributed by atoms with Crippen LogP contribution in [0.4, 0.5) is 4.39 Å². The molecule has 12 heavy (non-hydrogen) atoms. The van der Waals surface area contributed by atoms with Gasteiger partial charge in [0.2, 0.25) is 0 Å². The molecule has 0 bridgehead atoms. The first kappa shape index (κ1) is 10.2. The van der Waals surface area contributed by atoms with Gasteiger partial charge in [-0.3, -0.25) is 0 Å². The summed E-state index contributed by atoms with van der Waals surface area (Å²) in [4.78, 5) is 0. The molecule has 0 saturated carbocycles. The van der Waals surface area contributed by atoms with Gasteiger partial charge in [0.25, 0.3) is 0 Å². The van der Waals surface area contributed by atoms with Crippen LogP contribution in [0.15, 0.2) is 19.5 Å². The molecule has 0 fully saturated rings. The Morgan fingerprint density at radius 1 is 1.25 bits per heavy atom. The van der Waals surface area contributed by atoms with Crippen molar-refractivity contribution >= 4 is 47.8 Å². The minimum Gasteiger partial charge on any atom is -0.204 e. The van der Waals surface area contributed by atoms with E-state index in [0.29, 0.717) is 8.95 Å². The Morgan fingerprint density at radius 3 is 2.33 bits per heavy atom. The molecule has 0 amide bonds. The monoisotopic (exact) mass is 355 g/mol. The Bertz CT molecular complexity index is 344. The molecule has 5 heteroatoms. The Kier molecular flexibility index (Phi) is 3.27. The highest BCUT2D eigenvalue weighted by Gasteiger charge is 2.13. The van der Waals surface area contributed by atoms with Crippen molar-refractivity contribution in [2.75, 3.05) is 0 Å². The van der Waals surface area contributed by atoms with E-state index in [2.05, 4.69) is 47.8 Å². The number of nitriles is 1. The molecule has 0 atom stereocenters. The Labute approximate surface area is 94.0 Å². The van der Waals surface area contributed by atoms with Crippen LogP contribution in [-0.2, 0) is 0 Å². The number of rotatable bonds is 0. The predicted octanol–water partition coefficient (Wildman–Crippen LogP) is 3.98. The molecular weight excluding hydrogens is 357 g/mol. The molecule has 0 unspecified atom stereocenters. The number of hydrogen-bond donors (Lipinski definition) is 0. The fraction of sp³-hybridized carbons (Fsp3) is 0. The lowest BCUT2D eigenvalue weighted by molar-refractivity contribution is 0.616. The fourth-order valence-corrected chi connectivity index (χ4v) is 2.21. The Morgan fingerprint density at radius 2 is 1.83 bits per heavy atom. The van der Waals surface area contributed by atoms with Gasteiger partial charge in [0, 0.05) is 4.47 Å². The zero-order valence-corrected chi connectivity index (χ0v) is 10.3. The van der Waals surface area contributed by atoms with E-state index in [1.165, 1.54) is 0 Å². The Balaban J connectivity index is 3.56. The standard InChI is InChI=1S/C7HBr3FN/c8-4-1-5(9)7(11)3(2-12)6(4)10/h1H. The van der Waals surface area contributed by atoms with Crippen molar-refractivity contribution in [1.29, 1.82) is 5.26 Å². The van der Waals surface area contributed by atoms with Crippen LogP contribution in [0.1, 0.15) is 5.56 Å². The maximum atomic E-state index is 13.1. The van der Waals surface area contributed by atoms with Crippen molar-refractivity contribution in [1.82, 2.24) is 0 Å². The molecule has 1 aromatic rings. The highest BCUT2D eigenvalue weighted by atomic mass is 79.9. The van der Waals surface area contributed by atoms with Gasteiger partial charge in [-0.25, -0.2) is 4.39 Å². The molecule has 1 rings (SSSR count). The lowest BCUT2D eigenvalue weighted by Crippen LogP contribution is -1.88. The molecule has 0 aliphatic carbocycles. The summed E-state index contributed by atoms with van der Waals surface area (Å²) in [6.07, 6.45) is 0. The van der Waals surface area contributed by atoms with Crippen LogP contribution in [0.5, 0.6) is 0 Å². The predicted molar refractivity (Wildman–Crippen MR) is 54.2 cm³/mol.